The molecule has 1 aromatic carbocycles. The van der Waals surface area contributed by atoms with Crippen LogP contribution >= 0.6 is 0 Å². The Kier molecular flexibility index (Phi) is 6.02. The molecule has 5 heteroatoms. The van der Waals surface area contributed by atoms with Crippen LogP contribution in [-0.2, 0) is 18.4 Å². The maximum absolute atomic E-state index is 12.9. The number of nitrogens with zero attached hydrogens (tertiary/aromatic N) is 4. The van der Waals surface area contributed by atoms with Crippen LogP contribution in [0.15, 0.2) is 30.3 Å². The molecule has 2 aliphatic heterocycles. The third kappa shape index (κ3) is 4.11. The highest BCUT2D eigenvalue weighted by Crippen LogP contribution is 2.24. The number of piperidine rings is 1. The fourth-order valence-electron chi connectivity index (χ4n) is 4.83. The molecule has 2 aliphatic rings. The predicted molar refractivity (Wildman–Crippen MR) is 114 cm³/mol. The first kappa shape index (κ1) is 19.5. The maximum Gasteiger partial charge on any atom is 0.225 e. The van der Waals surface area contributed by atoms with E-state index in [1.165, 1.54) is 23.0 Å². The summed E-state index contributed by atoms with van der Waals surface area (Å²) < 4.78 is 2.31. The normalized spacial score (nSPS) is 20.1. The Hall–Kier alpha value is -1.85. The van der Waals surface area contributed by atoms with E-state index in [0.29, 0.717) is 5.91 Å². The third-order valence-corrected chi connectivity index (χ3v) is 6.60. The number of carbonyl (C=O) groups is 1. The van der Waals surface area contributed by atoms with Crippen LogP contribution < -0.4 is 0 Å². The van der Waals surface area contributed by atoms with E-state index in [1.54, 1.807) is 0 Å². The van der Waals surface area contributed by atoms with Crippen LogP contribution in [0.2, 0.25) is 0 Å². The zero-order valence-electron chi connectivity index (χ0n) is 17.4. The second kappa shape index (κ2) is 8.66. The Morgan fingerprint density at radius 1 is 1.00 bits per heavy atom. The zero-order chi connectivity index (χ0) is 19.5. The van der Waals surface area contributed by atoms with Gasteiger partial charge in [0, 0.05) is 56.9 Å². The van der Waals surface area contributed by atoms with Gasteiger partial charge in [-0.1, -0.05) is 25.1 Å². The lowest BCUT2D eigenvalue weighted by atomic mass is 9.95. The zero-order valence-corrected chi connectivity index (χ0v) is 17.4. The molecule has 1 aromatic heterocycles. The molecular weight excluding hydrogens is 348 g/mol. The first-order chi connectivity index (χ1) is 13.7. The highest BCUT2D eigenvalue weighted by Gasteiger charge is 2.30. The van der Waals surface area contributed by atoms with Crippen molar-refractivity contribution in [1.29, 1.82) is 0 Å². The molecule has 0 bridgehead atoms. The number of para-hydroxylation sites is 1. The Labute approximate surface area is 168 Å². The second-order valence-electron chi connectivity index (χ2n) is 8.47. The summed E-state index contributed by atoms with van der Waals surface area (Å²) in [6.45, 7) is 10.3. The maximum atomic E-state index is 12.9. The van der Waals surface area contributed by atoms with Crippen LogP contribution in [-0.4, -0.2) is 71.0 Å². The monoisotopic (exact) mass is 382 g/mol. The lowest BCUT2D eigenvalue weighted by Crippen LogP contribution is -2.51. The molecule has 152 valence electrons. The number of rotatable bonds is 5. The molecule has 2 aromatic rings. The van der Waals surface area contributed by atoms with Crippen molar-refractivity contribution < 1.29 is 4.79 Å². The first-order valence-electron chi connectivity index (χ1n) is 10.9. The summed E-state index contributed by atoms with van der Waals surface area (Å²) in [5.41, 5.74) is 2.66. The standard InChI is InChI=1S/C23H34N4O/c1-3-10-25-13-15-27(16-14-25)23(28)19-8-11-26(12-9-19)18-21-17-20-6-4-5-7-22(20)24(21)2/h4-7,17,19H,3,8-16,18H2,1-2H3. The van der Waals surface area contributed by atoms with Gasteiger partial charge in [0.05, 0.1) is 0 Å². The molecule has 0 N–H and O–H groups in total. The summed E-state index contributed by atoms with van der Waals surface area (Å²) in [5.74, 6) is 0.627. The SMILES string of the molecule is CCCN1CCN(C(=O)C2CCN(Cc3cc4ccccc4n3C)CC2)CC1. The minimum atomic E-state index is 0.224. The van der Waals surface area contributed by atoms with Crippen LogP contribution in [0.25, 0.3) is 10.9 Å². The smallest absolute Gasteiger partial charge is 0.225 e. The lowest BCUT2D eigenvalue weighted by molar-refractivity contribution is -0.138. The van der Waals surface area contributed by atoms with Crippen molar-refractivity contribution in [1.82, 2.24) is 19.3 Å². The fourth-order valence-corrected chi connectivity index (χ4v) is 4.83. The number of carbonyl (C=O) groups excluding carboxylic acids is 1. The van der Waals surface area contributed by atoms with Gasteiger partial charge in [-0.25, -0.2) is 0 Å². The van der Waals surface area contributed by atoms with Gasteiger partial charge in [0.15, 0.2) is 0 Å². The minimum Gasteiger partial charge on any atom is -0.346 e. The molecule has 0 atom stereocenters. The number of likely N-dealkylation sites (tertiary alicyclic amines) is 1. The number of hydrogen-bond donors (Lipinski definition) is 0. The number of piperazine rings is 1. The van der Waals surface area contributed by atoms with E-state index in [4.69, 9.17) is 0 Å². The van der Waals surface area contributed by atoms with Gasteiger partial charge in [-0.15, -0.1) is 0 Å². The number of fused-ring (bicyclic) bond motifs is 1. The van der Waals surface area contributed by atoms with Gasteiger partial charge < -0.3 is 9.47 Å². The van der Waals surface area contributed by atoms with Crippen LogP contribution in [0.5, 0.6) is 0 Å². The summed E-state index contributed by atoms with van der Waals surface area (Å²) in [6, 6.07) is 10.9. The van der Waals surface area contributed by atoms with Crippen molar-refractivity contribution in [3.05, 3.63) is 36.0 Å². The molecule has 0 unspecified atom stereocenters. The third-order valence-electron chi connectivity index (χ3n) is 6.60. The number of benzene rings is 1. The van der Waals surface area contributed by atoms with Crippen molar-refractivity contribution in [3.63, 3.8) is 0 Å². The van der Waals surface area contributed by atoms with E-state index >= 15 is 0 Å². The summed E-state index contributed by atoms with van der Waals surface area (Å²) in [4.78, 5) is 20.1. The number of hydrogen-bond acceptors (Lipinski definition) is 3. The first-order valence-corrected chi connectivity index (χ1v) is 10.9. The van der Waals surface area contributed by atoms with Gasteiger partial charge in [0.1, 0.15) is 0 Å². The quantitative estimate of drug-likeness (QED) is 0.797. The summed E-state index contributed by atoms with van der Waals surface area (Å²) in [6.07, 6.45) is 3.19. The van der Waals surface area contributed by atoms with Crippen molar-refractivity contribution >= 4 is 16.8 Å². The van der Waals surface area contributed by atoms with Crippen molar-refractivity contribution in [3.8, 4) is 0 Å². The van der Waals surface area contributed by atoms with E-state index in [2.05, 4.69) is 63.6 Å². The largest absolute Gasteiger partial charge is 0.346 e. The number of amides is 1. The second-order valence-corrected chi connectivity index (χ2v) is 8.47. The molecule has 0 radical (unpaired) electrons. The van der Waals surface area contributed by atoms with E-state index in [0.717, 1.165) is 65.2 Å². The van der Waals surface area contributed by atoms with Crippen LogP contribution in [0, 0.1) is 5.92 Å². The van der Waals surface area contributed by atoms with Crippen molar-refractivity contribution in [2.24, 2.45) is 13.0 Å². The fraction of sp³-hybridized carbons (Fsp3) is 0.609. The molecule has 28 heavy (non-hydrogen) atoms. The highest BCUT2D eigenvalue weighted by molar-refractivity contribution is 5.81. The predicted octanol–water partition coefficient (Wildman–Crippen LogP) is 2.94. The Bertz CT molecular complexity index is 798. The molecule has 0 spiro atoms. The van der Waals surface area contributed by atoms with Crippen molar-refractivity contribution in [2.45, 2.75) is 32.7 Å². The van der Waals surface area contributed by atoms with Crippen LogP contribution in [0.4, 0.5) is 0 Å². The average Bonchev–Trinajstić information content (AvgIpc) is 3.04. The number of aromatic nitrogens is 1. The minimum absolute atomic E-state index is 0.224. The van der Waals surface area contributed by atoms with Gasteiger partial charge in [0.2, 0.25) is 5.91 Å². The Balaban J connectivity index is 1.28. The topological polar surface area (TPSA) is 31.7 Å². The van der Waals surface area contributed by atoms with Crippen LogP contribution in [0.1, 0.15) is 31.9 Å². The number of aryl methyl sites for hydroxylation is 1. The van der Waals surface area contributed by atoms with E-state index in [9.17, 15) is 4.79 Å². The molecule has 0 aliphatic carbocycles. The molecule has 3 heterocycles. The molecule has 5 nitrogen and oxygen atoms in total. The summed E-state index contributed by atoms with van der Waals surface area (Å²) in [5, 5.41) is 1.31. The summed E-state index contributed by atoms with van der Waals surface area (Å²) >= 11 is 0. The molecule has 2 fully saturated rings. The van der Waals surface area contributed by atoms with E-state index < -0.39 is 0 Å². The van der Waals surface area contributed by atoms with E-state index in [-0.39, 0.29) is 5.92 Å². The van der Waals surface area contributed by atoms with Gasteiger partial charge in [-0.3, -0.25) is 14.6 Å². The highest BCUT2D eigenvalue weighted by atomic mass is 16.2. The van der Waals surface area contributed by atoms with Crippen molar-refractivity contribution in [2.75, 3.05) is 45.8 Å². The summed E-state index contributed by atoms with van der Waals surface area (Å²) in [7, 11) is 2.16. The van der Waals surface area contributed by atoms with E-state index in [1.807, 2.05) is 0 Å². The molecular formula is C23H34N4O. The molecule has 4 rings (SSSR count). The van der Waals surface area contributed by atoms with Gasteiger partial charge in [0.25, 0.3) is 0 Å². The molecule has 2 saturated heterocycles. The van der Waals surface area contributed by atoms with Crippen LogP contribution in [0.3, 0.4) is 0 Å². The molecule has 0 saturated carbocycles. The van der Waals surface area contributed by atoms with Gasteiger partial charge in [-0.05, 0) is 56.4 Å². The van der Waals surface area contributed by atoms with Gasteiger partial charge in [-0.2, -0.15) is 0 Å². The average molecular weight is 383 g/mol. The van der Waals surface area contributed by atoms with Gasteiger partial charge >= 0.3 is 0 Å². The lowest BCUT2D eigenvalue weighted by Gasteiger charge is -2.38. The molecule has 1 amide bonds. The Morgan fingerprint density at radius 2 is 1.71 bits per heavy atom. The Morgan fingerprint density at radius 3 is 2.39 bits per heavy atom.